The van der Waals surface area contributed by atoms with Gasteiger partial charge in [-0.1, -0.05) is 23.7 Å². The Hall–Kier alpha value is -2.65. The number of halogens is 1. The van der Waals surface area contributed by atoms with Crippen molar-refractivity contribution < 1.29 is 0 Å². The number of benzene rings is 1. The molecule has 0 aliphatic heterocycles. The van der Waals surface area contributed by atoms with Crippen LogP contribution >= 0.6 is 11.6 Å². The second-order valence-electron chi connectivity index (χ2n) is 5.68. The lowest BCUT2D eigenvalue weighted by Crippen LogP contribution is -2.04. The molecule has 2 heterocycles. The molecule has 0 atom stereocenters. The molecule has 1 aliphatic rings. The van der Waals surface area contributed by atoms with E-state index in [-0.39, 0.29) is 5.69 Å². The van der Waals surface area contributed by atoms with Gasteiger partial charge in [-0.3, -0.25) is 4.68 Å². The number of H-pyrrole nitrogens is 1. The van der Waals surface area contributed by atoms with E-state index in [0.29, 0.717) is 16.6 Å². The van der Waals surface area contributed by atoms with Crippen LogP contribution in [-0.2, 0) is 6.54 Å². The molecule has 0 saturated heterocycles. The van der Waals surface area contributed by atoms with Crippen molar-refractivity contribution in [2.24, 2.45) is 5.92 Å². The topological polar surface area (TPSA) is 83.2 Å². The zero-order valence-electron chi connectivity index (χ0n) is 12.2. The van der Waals surface area contributed by atoms with Crippen LogP contribution in [0.15, 0.2) is 30.3 Å². The number of hydrogen-bond acceptors (Lipinski definition) is 4. The normalized spacial score (nSPS) is 13.9. The Morgan fingerprint density at radius 3 is 2.74 bits per heavy atom. The molecule has 3 aromatic rings. The highest BCUT2D eigenvalue weighted by molar-refractivity contribution is 6.30. The number of nitriles is 1. The monoisotopic (exact) mass is 324 g/mol. The van der Waals surface area contributed by atoms with E-state index in [4.69, 9.17) is 16.7 Å². The van der Waals surface area contributed by atoms with Gasteiger partial charge < -0.3 is 0 Å². The molecule has 6 nitrogen and oxygen atoms in total. The Morgan fingerprint density at radius 1 is 1.26 bits per heavy atom. The standard InChI is InChI=1S/C16H13ClN6/c17-12-5-3-11(4-6-12)13-7-15(16-14(8-18)19-22-20-16)23(21-13)9-10-1-2-10/h3-7,10H,1-2,9H2,(H,19,20,22). The van der Waals surface area contributed by atoms with Gasteiger partial charge in [0.1, 0.15) is 11.8 Å². The Balaban J connectivity index is 1.80. The van der Waals surface area contributed by atoms with Crippen molar-refractivity contribution in [2.45, 2.75) is 19.4 Å². The molecule has 0 unspecified atom stereocenters. The van der Waals surface area contributed by atoms with Crippen LogP contribution in [0.1, 0.15) is 18.5 Å². The molecule has 2 aromatic heterocycles. The van der Waals surface area contributed by atoms with Gasteiger partial charge in [-0.15, -0.1) is 5.10 Å². The van der Waals surface area contributed by atoms with Gasteiger partial charge in [-0.25, -0.2) is 0 Å². The third-order valence-corrected chi connectivity index (χ3v) is 4.20. The second kappa shape index (κ2) is 5.52. The summed E-state index contributed by atoms with van der Waals surface area (Å²) in [7, 11) is 0. The number of aromatic nitrogens is 5. The van der Waals surface area contributed by atoms with Gasteiger partial charge in [0, 0.05) is 17.1 Å². The van der Waals surface area contributed by atoms with Crippen molar-refractivity contribution >= 4 is 11.6 Å². The van der Waals surface area contributed by atoms with E-state index in [1.165, 1.54) is 12.8 Å². The summed E-state index contributed by atoms with van der Waals surface area (Å²) in [5.41, 5.74) is 3.45. The number of nitrogens with one attached hydrogen (secondary N) is 1. The molecule has 1 fully saturated rings. The molecule has 114 valence electrons. The van der Waals surface area contributed by atoms with Gasteiger partial charge in [0.25, 0.3) is 0 Å². The summed E-state index contributed by atoms with van der Waals surface area (Å²) in [6, 6.07) is 11.6. The predicted octanol–water partition coefficient (Wildman–Crippen LogP) is 3.27. The van der Waals surface area contributed by atoms with Crippen molar-refractivity contribution in [3.05, 3.63) is 41.0 Å². The minimum Gasteiger partial charge on any atom is -0.262 e. The third-order valence-electron chi connectivity index (χ3n) is 3.94. The van der Waals surface area contributed by atoms with Crippen LogP contribution < -0.4 is 0 Å². The lowest BCUT2D eigenvalue weighted by molar-refractivity contribution is 0.569. The highest BCUT2D eigenvalue weighted by Gasteiger charge is 2.25. The quantitative estimate of drug-likeness (QED) is 0.798. The molecule has 1 saturated carbocycles. The minimum absolute atomic E-state index is 0.282. The first-order valence-electron chi connectivity index (χ1n) is 7.39. The van der Waals surface area contributed by atoms with Crippen molar-refractivity contribution in [3.63, 3.8) is 0 Å². The Bertz CT molecular complexity index is 882. The smallest absolute Gasteiger partial charge is 0.192 e. The molecule has 23 heavy (non-hydrogen) atoms. The van der Waals surface area contributed by atoms with Gasteiger partial charge in [0.05, 0.1) is 11.4 Å². The largest absolute Gasteiger partial charge is 0.262 e. The van der Waals surface area contributed by atoms with Crippen LogP contribution in [0.2, 0.25) is 5.02 Å². The van der Waals surface area contributed by atoms with Crippen LogP contribution in [0.5, 0.6) is 0 Å². The van der Waals surface area contributed by atoms with Crippen LogP contribution in [0.3, 0.4) is 0 Å². The zero-order chi connectivity index (χ0) is 15.8. The van der Waals surface area contributed by atoms with Gasteiger partial charge in [0.15, 0.2) is 5.69 Å². The van der Waals surface area contributed by atoms with E-state index in [9.17, 15) is 5.26 Å². The van der Waals surface area contributed by atoms with Gasteiger partial charge in [0.2, 0.25) is 0 Å². The highest BCUT2D eigenvalue weighted by Crippen LogP contribution is 2.34. The zero-order valence-corrected chi connectivity index (χ0v) is 13.0. The fourth-order valence-corrected chi connectivity index (χ4v) is 2.67. The summed E-state index contributed by atoms with van der Waals surface area (Å²) >= 11 is 5.95. The average Bonchev–Trinajstić information content (AvgIpc) is 3.09. The lowest BCUT2D eigenvalue weighted by Gasteiger charge is -2.03. The fraction of sp³-hybridized carbons (Fsp3) is 0.250. The molecule has 1 aromatic carbocycles. The number of aromatic amines is 1. The Morgan fingerprint density at radius 2 is 2.04 bits per heavy atom. The number of hydrogen-bond donors (Lipinski definition) is 1. The van der Waals surface area contributed by atoms with Crippen molar-refractivity contribution in [1.29, 1.82) is 5.26 Å². The summed E-state index contributed by atoms with van der Waals surface area (Å²) < 4.78 is 1.93. The average molecular weight is 325 g/mol. The maximum Gasteiger partial charge on any atom is 0.192 e. The maximum absolute atomic E-state index is 9.19. The molecule has 4 rings (SSSR count). The predicted molar refractivity (Wildman–Crippen MR) is 85.5 cm³/mol. The first kappa shape index (κ1) is 14.0. The summed E-state index contributed by atoms with van der Waals surface area (Å²) in [6.07, 6.45) is 2.44. The van der Waals surface area contributed by atoms with Crippen LogP contribution in [0, 0.1) is 17.2 Å². The SMILES string of the molecule is N#Cc1n[nH]nc1-c1cc(-c2ccc(Cl)cc2)nn1CC1CC1. The molecule has 1 N–H and O–H groups in total. The summed E-state index contributed by atoms with van der Waals surface area (Å²) in [4.78, 5) is 0. The second-order valence-corrected chi connectivity index (χ2v) is 6.12. The first-order valence-corrected chi connectivity index (χ1v) is 7.77. The third kappa shape index (κ3) is 2.71. The Kier molecular flexibility index (Phi) is 3.36. The highest BCUT2D eigenvalue weighted by atomic mass is 35.5. The molecule has 7 heteroatoms. The number of rotatable bonds is 4. The molecule has 0 radical (unpaired) electrons. The van der Waals surface area contributed by atoms with Gasteiger partial charge >= 0.3 is 0 Å². The molecule has 1 aliphatic carbocycles. The summed E-state index contributed by atoms with van der Waals surface area (Å²) in [5, 5.41) is 25.1. The summed E-state index contributed by atoms with van der Waals surface area (Å²) in [5.74, 6) is 0.657. The van der Waals surface area contributed by atoms with Crippen LogP contribution in [0.4, 0.5) is 0 Å². The molecule has 0 bridgehead atoms. The van der Waals surface area contributed by atoms with Crippen LogP contribution in [-0.4, -0.2) is 25.2 Å². The molecule has 0 spiro atoms. The summed E-state index contributed by atoms with van der Waals surface area (Å²) in [6.45, 7) is 0.834. The van der Waals surface area contributed by atoms with E-state index in [1.807, 2.05) is 35.0 Å². The van der Waals surface area contributed by atoms with Gasteiger partial charge in [-0.2, -0.15) is 20.7 Å². The van der Waals surface area contributed by atoms with E-state index < -0.39 is 0 Å². The van der Waals surface area contributed by atoms with Crippen molar-refractivity contribution in [3.8, 4) is 28.7 Å². The van der Waals surface area contributed by atoms with Crippen LogP contribution in [0.25, 0.3) is 22.6 Å². The Labute approximate surface area is 137 Å². The molecular formula is C16H13ClN6. The molecular weight excluding hydrogens is 312 g/mol. The fourth-order valence-electron chi connectivity index (χ4n) is 2.54. The van der Waals surface area contributed by atoms with E-state index in [2.05, 4.69) is 21.5 Å². The minimum atomic E-state index is 0.282. The van der Waals surface area contributed by atoms with E-state index in [0.717, 1.165) is 23.5 Å². The molecule has 0 amide bonds. The van der Waals surface area contributed by atoms with Crippen molar-refractivity contribution in [1.82, 2.24) is 25.2 Å². The maximum atomic E-state index is 9.19. The lowest BCUT2D eigenvalue weighted by atomic mass is 10.1. The number of nitrogens with zero attached hydrogens (tertiary/aromatic N) is 5. The van der Waals surface area contributed by atoms with E-state index in [1.54, 1.807) is 0 Å². The van der Waals surface area contributed by atoms with E-state index >= 15 is 0 Å². The van der Waals surface area contributed by atoms with Gasteiger partial charge in [-0.05, 0) is 37.0 Å². The first-order chi connectivity index (χ1) is 11.2. The van der Waals surface area contributed by atoms with Crippen molar-refractivity contribution in [2.75, 3.05) is 0 Å².